The van der Waals surface area contributed by atoms with Crippen LogP contribution >= 0.6 is 0 Å². The van der Waals surface area contributed by atoms with Crippen LogP contribution in [0, 0.1) is 0 Å². The molecule has 2 aliphatic rings. The van der Waals surface area contributed by atoms with Crippen LogP contribution in [-0.4, -0.2) is 50.3 Å². The van der Waals surface area contributed by atoms with Crippen molar-refractivity contribution >= 4 is 6.09 Å². The molecule has 0 fully saturated rings. The summed E-state index contributed by atoms with van der Waals surface area (Å²) in [6.45, 7) is 4.03. The number of carbonyl (C=O) groups is 1. The van der Waals surface area contributed by atoms with Crippen LogP contribution in [0.3, 0.4) is 0 Å². The average molecular weight is 375 g/mol. The Morgan fingerprint density at radius 2 is 2.04 bits per heavy atom. The normalized spacial score (nSPS) is 25.3. The minimum atomic E-state index is -3.25. The summed E-state index contributed by atoms with van der Waals surface area (Å²) in [5, 5.41) is 14.4. The molecule has 0 aromatic carbocycles. The molecule has 1 amide bonds. The van der Waals surface area contributed by atoms with Crippen LogP contribution in [0.1, 0.15) is 50.6 Å². The maximum atomic E-state index is 14.7. The molecule has 0 saturated carbocycles. The second-order valence-corrected chi connectivity index (χ2v) is 8.15. The quantitative estimate of drug-likeness (QED) is 0.820. The van der Waals surface area contributed by atoms with Gasteiger partial charge >= 0.3 is 6.09 Å². The third-order valence-corrected chi connectivity index (χ3v) is 4.70. The van der Waals surface area contributed by atoms with E-state index in [1.165, 1.54) is 4.90 Å². The molecule has 0 radical (unpaired) electrons. The Kier molecular flexibility index (Phi) is 4.49. The van der Waals surface area contributed by atoms with Crippen LogP contribution < -0.4 is 0 Å². The maximum Gasteiger partial charge on any atom is 0.410 e. The number of rotatable bonds is 1. The van der Waals surface area contributed by atoms with Gasteiger partial charge in [-0.3, -0.25) is 4.68 Å². The molecule has 26 heavy (non-hydrogen) atoms. The topological polar surface area (TPSA) is 67.6 Å². The van der Waals surface area contributed by atoms with E-state index in [1.54, 1.807) is 20.8 Å². The highest BCUT2D eigenvalue weighted by molar-refractivity contribution is 5.68. The predicted octanol–water partition coefficient (Wildman–Crippen LogP) is 2.76. The van der Waals surface area contributed by atoms with Crippen molar-refractivity contribution < 1.29 is 27.8 Å². The third kappa shape index (κ3) is 3.54. The minimum Gasteiger partial charge on any atom is -0.444 e. The van der Waals surface area contributed by atoms with Crippen molar-refractivity contribution in [2.45, 2.75) is 70.2 Å². The van der Waals surface area contributed by atoms with Gasteiger partial charge in [-0.2, -0.15) is 13.9 Å². The van der Waals surface area contributed by atoms with E-state index in [2.05, 4.69) is 5.10 Å². The van der Waals surface area contributed by atoms with Gasteiger partial charge in [0.2, 0.25) is 0 Å². The van der Waals surface area contributed by atoms with E-state index in [4.69, 9.17) is 4.74 Å². The van der Waals surface area contributed by atoms with E-state index in [9.17, 15) is 23.1 Å². The number of carbonyl (C=O) groups excluding carboxylic acids is 1. The largest absolute Gasteiger partial charge is 0.444 e. The molecule has 1 aromatic heterocycles. The molecule has 146 valence electrons. The summed E-state index contributed by atoms with van der Waals surface area (Å²) in [5.74, 6) is -3.25. The summed E-state index contributed by atoms with van der Waals surface area (Å²) in [4.78, 5) is 13.7. The fourth-order valence-electron chi connectivity index (χ4n) is 3.41. The van der Waals surface area contributed by atoms with Crippen molar-refractivity contribution in [1.29, 1.82) is 0 Å². The van der Waals surface area contributed by atoms with Gasteiger partial charge in [0, 0.05) is 24.9 Å². The van der Waals surface area contributed by atoms with Gasteiger partial charge in [0.1, 0.15) is 23.6 Å². The van der Waals surface area contributed by atoms with E-state index in [0.717, 1.165) is 4.68 Å². The predicted molar refractivity (Wildman–Crippen MR) is 86.6 cm³/mol. The van der Waals surface area contributed by atoms with Crippen molar-refractivity contribution in [3.8, 4) is 0 Å². The molecule has 1 aromatic rings. The second kappa shape index (κ2) is 6.14. The Balaban J connectivity index is 1.93. The number of hydrogen-bond acceptors (Lipinski definition) is 4. The van der Waals surface area contributed by atoms with E-state index in [1.807, 2.05) is 0 Å². The molecule has 9 heteroatoms. The van der Waals surface area contributed by atoms with Gasteiger partial charge in [-0.05, 0) is 27.2 Å². The molecule has 3 heterocycles. The highest BCUT2D eigenvalue weighted by atomic mass is 19.3. The average Bonchev–Trinajstić information content (AvgIpc) is 2.84. The lowest BCUT2D eigenvalue weighted by Crippen LogP contribution is -2.40. The zero-order valence-electron chi connectivity index (χ0n) is 15.2. The summed E-state index contributed by atoms with van der Waals surface area (Å²) >= 11 is 0. The van der Waals surface area contributed by atoms with Crippen LogP contribution in [0.2, 0.25) is 0 Å². The van der Waals surface area contributed by atoms with Gasteiger partial charge in [-0.25, -0.2) is 9.18 Å². The number of nitrogens with zero attached hydrogens (tertiary/aromatic N) is 3. The third-order valence-electron chi connectivity index (χ3n) is 4.70. The lowest BCUT2D eigenvalue weighted by molar-refractivity contribution is -0.0475. The van der Waals surface area contributed by atoms with E-state index in [-0.39, 0.29) is 30.8 Å². The van der Waals surface area contributed by atoms with Gasteiger partial charge in [-0.1, -0.05) is 0 Å². The number of halogens is 3. The van der Waals surface area contributed by atoms with E-state index in [0.29, 0.717) is 18.7 Å². The Morgan fingerprint density at radius 1 is 1.35 bits per heavy atom. The molecular formula is C17H24F3N3O3. The van der Waals surface area contributed by atoms with Gasteiger partial charge < -0.3 is 14.7 Å². The zero-order valence-corrected chi connectivity index (χ0v) is 15.2. The molecule has 0 unspecified atom stereocenters. The van der Waals surface area contributed by atoms with Crippen molar-refractivity contribution in [2.24, 2.45) is 0 Å². The molecule has 2 aliphatic heterocycles. The molecular weight excluding hydrogens is 351 g/mol. The van der Waals surface area contributed by atoms with Crippen molar-refractivity contribution in [3.63, 3.8) is 0 Å². The van der Waals surface area contributed by atoms with Crippen LogP contribution in [0.15, 0.2) is 0 Å². The standard InChI is InChI=1S/C17H24F3N3O3/c1-15(2,3)26-14(24)22-7-4-12-11(8-22)13-17(19,20)6-5-16(25,9-18)10-23(13)21-12/h25H,4-10H2,1-3H3/t16-/m0/s1. The molecule has 1 atom stereocenters. The first-order valence-corrected chi connectivity index (χ1v) is 8.67. The number of aliphatic hydroxyl groups is 1. The van der Waals surface area contributed by atoms with Gasteiger partial charge in [-0.15, -0.1) is 0 Å². The van der Waals surface area contributed by atoms with E-state index < -0.39 is 36.3 Å². The SMILES string of the molecule is CC(C)(C)OC(=O)N1CCc2nn3c(c2C1)C(F)(F)CC[C@](O)(CF)C3. The second-order valence-electron chi connectivity index (χ2n) is 8.15. The Hall–Kier alpha value is -1.77. The van der Waals surface area contributed by atoms with Crippen LogP contribution in [0.5, 0.6) is 0 Å². The number of fused-ring (bicyclic) bond motifs is 3. The maximum absolute atomic E-state index is 14.7. The monoisotopic (exact) mass is 375 g/mol. The lowest BCUT2D eigenvalue weighted by Gasteiger charge is -2.30. The van der Waals surface area contributed by atoms with E-state index >= 15 is 0 Å². The van der Waals surface area contributed by atoms with Gasteiger partial charge in [0.25, 0.3) is 5.92 Å². The van der Waals surface area contributed by atoms with Crippen LogP contribution in [-0.2, 0) is 30.2 Å². The fourth-order valence-corrected chi connectivity index (χ4v) is 3.41. The molecule has 6 nitrogen and oxygen atoms in total. The molecule has 0 spiro atoms. The summed E-state index contributed by atoms with van der Waals surface area (Å²) in [6.07, 6.45) is -1.29. The summed E-state index contributed by atoms with van der Waals surface area (Å²) in [7, 11) is 0. The molecule has 0 bridgehead atoms. The molecule has 1 N–H and O–H groups in total. The van der Waals surface area contributed by atoms with Crippen LogP contribution in [0.25, 0.3) is 0 Å². The number of alkyl halides is 3. The first kappa shape index (κ1) is 19.0. The number of aromatic nitrogens is 2. The highest BCUT2D eigenvalue weighted by Crippen LogP contribution is 2.42. The summed E-state index contributed by atoms with van der Waals surface area (Å²) < 4.78 is 49.0. The van der Waals surface area contributed by atoms with Crippen molar-refractivity contribution in [1.82, 2.24) is 14.7 Å². The fraction of sp³-hybridized carbons (Fsp3) is 0.765. The van der Waals surface area contributed by atoms with Crippen molar-refractivity contribution in [3.05, 3.63) is 17.0 Å². The molecule has 0 aliphatic carbocycles. The summed E-state index contributed by atoms with van der Waals surface area (Å²) in [6, 6.07) is 0. The van der Waals surface area contributed by atoms with Gasteiger partial charge in [0.15, 0.2) is 0 Å². The smallest absolute Gasteiger partial charge is 0.410 e. The highest BCUT2D eigenvalue weighted by Gasteiger charge is 2.47. The molecule has 3 rings (SSSR count). The minimum absolute atomic E-state index is 0.0385. The van der Waals surface area contributed by atoms with Crippen molar-refractivity contribution in [2.75, 3.05) is 13.2 Å². The Bertz CT molecular complexity index is 714. The molecule has 0 saturated heterocycles. The number of ether oxygens (including phenoxy) is 1. The van der Waals surface area contributed by atoms with Crippen LogP contribution in [0.4, 0.5) is 18.0 Å². The summed E-state index contributed by atoms with van der Waals surface area (Å²) in [5.41, 5.74) is -2.13. The Morgan fingerprint density at radius 3 is 2.65 bits per heavy atom. The Labute approximate surface area is 149 Å². The number of hydrogen-bond donors (Lipinski definition) is 1. The lowest BCUT2D eigenvalue weighted by atomic mass is 9.96. The first-order chi connectivity index (χ1) is 11.9. The zero-order chi connectivity index (χ0) is 19.3. The number of amides is 1. The van der Waals surface area contributed by atoms with Gasteiger partial charge in [0.05, 0.1) is 18.8 Å². The first-order valence-electron chi connectivity index (χ1n) is 8.67.